The minimum Gasteiger partial charge on any atom is -0.497 e. The Labute approximate surface area is 119 Å². The van der Waals surface area contributed by atoms with Gasteiger partial charge in [-0.2, -0.15) is 0 Å². The lowest BCUT2D eigenvalue weighted by Crippen LogP contribution is -2.42. The number of aromatic nitrogens is 1. The van der Waals surface area contributed by atoms with Gasteiger partial charge in [-0.25, -0.2) is 0 Å². The Balaban J connectivity index is 1.99. The first kappa shape index (κ1) is 13.1. The summed E-state index contributed by atoms with van der Waals surface area (Å²) in [5, 5.41) is 0. The highest BCUT2D eigenvalue weighted by molar-refractivity contribution is 5.42. The number of nitrogens with zero attached hydrogens (tertiary/aromatic N) is 1. The fraction of sp³-hybridized carbons (Fsp3) is 0.353. The smallest absolute Gasteiger partial charge is 0.119 e. The second-order valence-corrected chi connectivity index (χ2v) is 5.57. The normalized spacial score (nSPS) is 21.3. The molecule has 3 nitrogen and oxygen atoms in total. The molecule has 1 aromatic carbocycles. The van der Waals surface area contributed by atoms with Gasteiger partial charge in [0.05, 0.1) is 7.11 Å². The molecule has 3 heteroatoms. The molecule has 1 atom stereocenters. The van der Waals surface area contributed by atoms with Gasteiger partial charge in [-0.05, 0) is 60.6 Å². The Hall–Kier alpha value is -1.87. The molecule has 0 saturated heterocycles. The number of hydrogen-bond acceptors (Lipinski definition) is 3. The molecule has 1 unspecified atom stereocenters. The van der Waals surface area contributed by atoms with E-state index < -0.39 is 0 Å². The average molecular weight is 268 g/mol. The van der Waals surface area contributed by atoms with Gasteiger partial charge in [-0.3, -0.25) is 4.98 Å². The van der Waals surface area contributed by atoms with Gasteiger partial charge in [-0.15, -0.1) is 0 Å². The van der Waals surface area contributed by atoms with Gasteiger partial charge in [0.15, 0.2) is 0 Å². The first-order valence-electron chi connectivity index (χ1n) is 7.06. The van der Waals surface area contributed by atoms with Crippen molar-refractivity contribution in [2.24, 2.45) is 5.73 Å². The standard InChI is InChI=1S/C17H20N2O/c1-20-15-7-6-14-5-2-8-17(18,16(14)10-15)11-13-4-3-9-19-12-13/h3-4,6-7,9-10,12H,2,5,8,11,18H2,1H3. The van der Waals surface area contributed by atoms with E-state index in [2.05, 4.69) is 23.2 Å². The number of nitrogens with two attached hydrogens (primary N) is 1. The van der Waals surface area contributed by atoms with Crippen LogP contribution in [0.3, 0.4) is 0 Å². The zero-order valence-corrected chi connectivity index (χ0v) is 11.8. The third-order valence-corrected chi connectivity index (χ3v) is 4.16. The molecule has 1 aliphatic carbocycles. The van der Waals surface area contributed by atoms with Crippen LogP contribution >= 0.6 is 0 Å². The van der Waals surface area contributed by atoms with Crippen LogP contribution in [-0.4, -0.2) is 12.1 Å². The summed E-state index contributed by atoms with van der Waals surface area (Å²) in [5.74, 6) is 0.881. The number of rotatable bonds is 3. The van der Waals surface area contributed by atoms with Gasteiger partial charge in [0, 0.05) is 17.9 Å². The molecular weight excluding hydrogens is 248 g/mol. The number of ether oxygens (including phenoxy) is 1. The second-order valence-electron chi connectivity index (χ2n) is 5.57. The summed E-state index contributed by atoms with van der Waals surface area (Å²) < 4.78 is 5.36. The zero-order chi connectivity index (χ0) is 14.0. The Bertz CT molecular complexity index is 597. The van der Waals surface area contributed by atoms with Crippen LogP contribution < -0.4 is 10.5 Å². The molecule has 1 heterocycles. The van der Waals surface area contributed by atoms with Gasteiger partial charge in [-0.1, -0.05) is 12.1 Å². The van der Waals surface area contributed by atoms with E-state index in [4.69, 9.17) is 10.5 Å². The maximum absolute atomic E-state index is 6.74. The van der Waals surface area contributed by atoms with E-state index >= 15 is 0 Å². The lowest BCUT2D eigenvalue weighted by atomic mass is 9.74. The molecule has 20 heavy (non-hydrogen) atoms. The quantitative estimate of drug-likeness (QED) is 0.931. The van der Waals surface area contributed by atoms with Gasteiger partial charge in [0.1, 0.15) is 5.75 Å². The average Bonchev–Trinajstić information content (AvgIpc) is 2.48. The lowest BCUT2D eigenvalue weighted by molar-refractivity contribution is 0.363. The number of benzene rings is 1. The van der Waals surface area contributed by atoms with Crippen LogP contribution in [0.25, 0.3) is 0 Å². The fourth-order valence-electron chi connectivity index (χ4n) is 3.14. The fourth-order valence-corrected chi connectivity index (χ4v) is 3.14. The van der Waals surface area contributed by atoms with Crippen molar-refractivity contribution >= 4 is 0 Å². The van der Waals surface area contributed by atoms with Gasteiger partial charge < -0.3 is 10.5 Å². The number of pyridine rings is 1. The number of hydrogen-bond donors (Lipinski definition) is 1. The third kappa shape index (κ3) is 2.41. The summed E-state index contributed by atoms with van der Waals surface area (Å²) in [7, 11) is 1.70. The molecule has 0 amide bonds. The molecule has 0 radical (unpaired) electrons. The van der Waals surface area contributed by atoms with Crippen LogP contribution in [0.1, 0.15) is 29.5 Å². The monoisotopic (exact) mass is 268 g/mol. The van der Waals surface area contributed by atoms with Crippen molar-refractivity contribution in [2.75, 3.05) is 7.11 Å². The van der Waals surface area contributed by atoms with E-state index in [1.165, 1.54) is 16.7 Å². The van der Waals surface area contributed by atoms with Crippen LogP contribution in [0.2, 0.25) is 0 Å². The molecule has 0 bridgehead atoms. The van der Waals surface area contributed by atoms with E-state index in [9.17, 15) is 0 Å². The predicted molar refractivity (Wildman–Crippen MR) is 79.7 cm³/mol. The van der Waals surface area contributed by atoms with E-state index in [1.54, 1.807) is 13.3 Å². The van der Waals surface area contributed by atoms with E-state index in [1.807, 2.05) is 18.3 Å². The summed E-state index contributed by atoms with van der Waals surface area (Å²) in [6.45, 7) is 0. The highest BCUT2D eigenvalue weighted by Gasteiger charge is 2.33. The molecule has 2 aromatic rings. The predicted octanol–water partition coefficient (Wildman–Crippen LogP) is 2.82. The van der Waals surface area contributed by atoms with Crippen LogP contribution in [0.5, 0.6) is 5.75 Å². The summed E-state index contributed by atoms with van der Waals surface area (Å²) in [5.41, 5.74) is 10.2. The minimum atomic E-state index is -0.314. The van der Waals surface area contributed by atoms with Crippen molar-refractivity contribution in [3.8, 4) is 5.75 Å². The molecule has 2 N–H and O–H groups in total. The molecule has 1 aromatic heterocycles. The molecule has 3 rings (SSSR count). The van der Waals surface area contributed by atoms with Crippen LogP contribution in [0.15, 0.2) is 42.7 Å². The second kappa shape index (κ2) is 5.25. The summed E-state index contributed by atoms with van der Waals surface area (Å²) in [4.78, 5) is 4.19. The largest absolute Gasteiger partial charge is 0.497 e. The van der Waals surface area contributed by atoms with Crippen LogP contribution in [0, 0.1) is 0 Å². The van der Waals surface area contributed by atoms with Crippen LogP contribution in [-0.2, 0) is 18.4 Å². The van der Waals surface area contributed by atoms with Crippen molar-refractivity contribution in [3.63, 3.8) is 0 Å². The Kier molecular flexibility index (Phi) is 3.45. The Morgan fingerprint density at radius 1 is 1.35 bits per heavy atom. The van der Waals surface area contributed by atoms with E-state index in [0.717, 1.165) is 31.4 Å². The third-order valence-electron chi connectivity index (χ3n) is 4.16. The van der Waals surface area contributed by atoms with E-state index in [0.29, 0.717) is 0 Å². The first-order valence-corrected chi connectivity index (χ1v) is 7.06. The molecular formula is C17H20N2O. The molecule has 1 aliphatic rings. The van der Waals surface area contributed by atoms with Crippen LogP contribution in [0.4, 0.5) is 0 Å². The maximum Gasteiger partial charge on any atom is 0.119 e. The molecule has 0 spiro atoms. The molecule has 104 valence electrons. The summed E-state index contributed by atoms with van der Waals surface area (Å²) in [6, 6.07) is 10.3. The van der Waals surface area contributed by atoms with Crippen molar-refractivity contribution in [1.82, 2.24) is 4.98 Å². The van der Waals surface area contributed by atoms with Gasteiger partial charge >= 0.3 is 0 Å². The van der Waals surface area contributed by atoms with E-state index in [-0.39, 0.29) is 5.54 Å². The highest BCUT2D eigenvalue weighted by Crippen LogP contribution is 2.37. The Morgan fingerprint density at radius 3 is 3.00 bits per heavy atom. The zero-order valence-electron chi connectivity index (χ0n) is 11.8. The minimum absolute atomic E-state index is 0.314. The summed E-state index contributed by atoms with van der Waals surface area (Å²) >= 11 is 0. The molecule has 0 aliphatic heterocycles. The van der Waals surface area contributed by atoms with Crippen molar-refractivity contribution in [1.29, 1.82) is 0 Å². The van der Waals surface area contributed by atoms with Crippen molar-refractivity contribution in [3.05, 3.63) is 59.4 Å². The first-order chi connectivity index (χ1) is 9.71. The topological polar surface area (TPSA) is 48.1 Å². The lowest BCUT2D eigenvalue weighted by Gasteiger charge is -2.36. The van der Waals surface area contributed by atoms with Crippen molar-refractivity contribution < 1.29 is 4.74 Å². The summed E-state index contributed by atoms with van der Waals surface area (Å²) in [6.07, 6.45) is 7.76. The SMILES string of the molecule is COc1ccc2c(c1)C(N)(Cc1cccnc1)CCC2. The molecule has 0 saturated carbocycles. The number of aryl methyl sites for hydroxylation is 1. The van der Waals surface area contributed by atoms with Gasteiger partial charge in [0.25, 0.3) is 0 Å². The molecule has 0 fully saturated rings. The highest BCUT2D eigenvalue weighted by atomic mass is 16.5. The number of fused-ring (bicyclic) bond motifs is 1. The maximum atomic E-state index is 6.74. The van der Waals surface area contributed by atoms with Crippen molar-refractivity contribution in [2.45, 2.75) is 31.2 Å². The van der Waals surface area contributed by atoms with Gasteiger partial charge in [0.2, 0.25) is 0 Å². The number of methoxy groups -OCH3 is 1. The Morgan fingerprint density at radius 2 is 2.25 bits per heavy atom.